The van der Waals surface area contributed by atoms with Gasteiger partial charge in [0.05, 0.1) is 12.3 Å². The van der Waals surface area contributed by atoms with Crippen LogP contribution < -0.4 is 0 Å². The van der Waals surface area contributed by atoms with Crippen LogP contribution in [0.15, 0.2) is 0 Å². The van der Waals surface area contributed by atoms with E-state index >= 15 is 0 Å². The van der Waals surface area contributed by atoms with Crippen molar-refractivity contribution in [2.75, 3.05) is 26.5 Å². The molecule has 0 aliphatic rings. The first-order chi connectivity index (χ1) is 6.54. The van der Waals surface area contributed by atoms with E-state index in [1.54, 1.807) is 0 Å². The zero-order chi connectivity index (χ0) is 12.3. The molecule has 90 valence electrons. The van der Waals surface area contributed by atoms with Gasteiger partial charge in [0.25, 0.3) is 0 Å². The molecule has 0 heterocycles. The normalized spacial score (nSPS) is 14.3. The van der Waals surface area contributed by atoms with E-state index in [0.29, 0.717) is 0 Å². The van der Waals surface area contributed by atoms with Crippen molar-refractivity contribution in [1.29, 1.82) is 0 Å². The molecule has 8 heteroatoms. The zero-order valence-electron chi connectivity index (χ0n) is 8.75. The van der Waals surface area contributed by atoms with Crippen molar-refractivity contribution in [3.8, 4) is 0 Å². The Labute approximate surface area is 89.7 Å². The summed E-state index contributed by atoms with van der Waals surface area (Å²) >= 11 is 0. The highest BCUT2D eigenvalue weighted by atomic mass is 31.2. The second kappa shape index (κ2) is 5.09. The van der Waals surface area contributed by atoms with Crippen molar-refractivity contribution in [3.63, 3.8) is 0 Å². The van der Waals surface area contributed by atoms with E-state index < -0.39 is 26.8 Å². The number of hydrogen-bond acceptors (Lipinski definition) is 4. The maximum atomic E-state index is 11.7. The predicted molar refractivity (Wildman–Crippen MR) is 56.5 cm³/mol. The lowest BCUT2D eigenvalue weighted by molar-refractivity contribution is 0.267. The molecule has 0 unspecified atom stereocenters. The Bertz CT molecular complexity index is 286. The topological polar surface area (TPSA) is 93.1 Å². The monoisotopic (exact) mass is 258 g/mol. The minimum Gasteiger partial charge on any atom is -0.324 e. The summed E-state index contributed by atoms with van der Waals surface area (Å²) < 4.78 is 31.7. The van der Waals surface area contributed by atoms with E-state index in [-0.39, 0.29) is 6.16 Å². The Morgan fingerprint density at radius 2 is 1.53 bits per heavy atom. The first kappa shape index (κ1) is 15.3. The average molecular weight is 258 g/mol. The van der Waals surface area contributed by atoms with E-state index in [1.165, 1.54) is 14.2 Å². The fourth-order valence-electron chi connectivity index (χ4n) is 1.10. The zero-order valence-corrected chi connectivity index (χ0v) is 10.5. The van der Waals surface area contributed by atoms with Gasteiger partial charge in [-0.2, -0.15) is 0 Å². The summed E-state index contributed by atoms with van der Waals surface area (Å²) in [6, 6.07) is 0. The summed E-state index contributed by atoms with van der Waals surface area (Å²) in [5, 5.41) is 0. The Balaban J connectivity index is 4.63. The van der Waals surface area contributed by atoms with Crippen molar-refractivity contribution < 1.29 is 28.0 Å². The van der Waals surface area contributed by atoms with Crippen LogP contribution >= 0.6 is 15.2 Å². The summed E-state index contributed by atoms with van der Waals surface area (Å²) in [6.07, 6.45) is -0.825. The van der Waals surface area contributed by atoms with Crippen molar-refractivity contribution in [2.45, 2.75) is 0 Å². The van der Waals surface area contributed by atoms with Gasteiger partial charge in [0, 0.05) is 14.2 Å². The van der Waals surface area contributed by atoms with Gasteiger partial charge < -0.3 is 18.8 Å². The molecule has 0 rings (SSSR count). The van der Waals surface area contributed by atoms with Crippen LogP contribution in [0, 0.1) is 19.3 Å². The van der Waals surface area contributed by atoms with Gasteiger partial charge in [0.1, 0.15) is 0 Å². The van der Waals surface area contributed by atoms with Crippen molar-refractivity contribution >= 4 is 15.2 Å². The van der Waals surface area contributed by atoms with Gasteiger partial charge in [-0.05, 0) is 19.3 Å². The largest absolute Gasteiger partial charge is 0.330 e. The third-order valence-electron chi connectivity index (χ3n) is 1.63. The molecule has 0 atom stereocenters. The van der Waals surface area contributed by atoms with Crippen LogP contribution in [0.5, 0.6) is 0 Å². The maximum absolute atomic E-state index is 11.7. The molecule has 0 aromatic carbocycles. The molecule has 0 fully saturated rings. The van der Waals surface area contributed by atoms with Crippen LogP contribution in [-0.4, -0.2) is 36.3 Å². The molecule has 0 aliphatic heterocycles. The Kier molecular flexibility index (Phi) is 5.19. The van der Waals surface area contributed by atoms with E-state index in [0.717, 1.165) is 0 Å². The number of rotatable bonds is 6. The van der Waals surface area contributed by atoms with Gasteiger partial charge >= 0.3 is 15.2 Å². The molecule has 0 aromatic heterocycles. The van der Waals surface area contributed by atoms with E-state index in [9.17, 15) is 9.13 Å². The predicted octanol–water partition coefficient (Wildman–Crippen LogP) is 1.30. The van der Waals surface area contributed by atoms with Gasteiger partial charge in [-0.25, -0.2) is 0 Å². The van der Waals surface area contributed by atoms with Crippen molar-refractivity contribution in [3.05, 3.63) is 13.8 Å². The Morgan fingerprint density at radius 1 is 1.13 bits per heavy atom. The standard InChI is InChI=1S/C7H16O6P2/c1-7(2,5-14(8,9)10)6-15(11,12-3)13-4/h1-2,5-6H2,3-4H3,(H2,8,9,10). The Hall–Kier alpha value is 0.300. The molecular weight excluding hydrogens is 242 g/mol. The molecule has 0 aromatic rings. The van der Waals surface area contributed by atoms with E-state index in [2.05, 4.69) is 22.9 Å². The second-order valence-electron chi connectivity index (χ2n) is 3.46. The minimum atomic E-state index is -4.25. The summed E-state index contributed by atoms with van der Waals surface area (Å²) in [4.78, 5) is 17.5. The SMILES string of the molecule is [CH2]C([CH2])(CP(=O)(O)O)CP(=O)(OC)OC. The molecule has 0 aliphatic carbocycles. The molecule has 2 radical (unpaired) electrons. The highest BCUT2D eigenvalue weighted by Crippen LogP contribution is 2.53. The fraction of sp³-hybridized carbons (Fsp3) is 0.714. The quantitative estimate of drug-likeness (QED) is 0.697. The van der Waals surface area contributed by atoms with E-state index in [1.807, 2.05) is 0 Å². The lowest BCUT2D eigenvalue weighted by Gasteiger charge is -2.27. The molecule has 0 spiro atoms. The summed E-state index contributed by atoms with van der Waals surface area (Å²) in [7, 11) is -5.22. The van der Waals surface area contributed by atoms with Crippen LogP contribution in [-0.2, 0) is 18.2 Å². The molecule has 2 N–H and O–H groups in total. The molecule has 6 nitrogen and oxygen atoms in total. The lowest BCUT2D eigenvalue weighted by Crippen LogP contribution is -2.23. The third-order valence-corrected chi connectivity index (χ3v) is 4.88. The molecule has 0 amide bonds. The third kappa shape index (κ3) is 6.46. The van der Waals surface area contributed by atoms with Crippen LogP contribution in [0.25, 0.3) is 0 Å². The molecular formula is C7H16O6P2. The fourth-order valence-corrected chi connectivity index (χ4v) is 3.60. The van der Waals surface area contributed by atoms with Crippen molar-refractivity contribution in [2.24, 2.45) is 5.41 Å². The van der Waals surface area contributed by atoms with Crippen LogP contribution in [0.3, 0.4) is 0 Å². The highest BCUT2D eigenvalue weighted by molar-refractivity contribution is 7.54. The summed E-state index contributed by atoms with van der Waals surface area (Å²) in [6.45, 7) is 7.00. The first-order valence-corrected chi connectivity index (χ1v) is 7.52. The minimum absolute atomic E-state index is 0.252. The average Bonchev–Trinajstić information content (AvgIpc) is 1.98. The molecule has 0 bridgehead atoms. The van der Waals surface area contributed by atoms with Crippen LogP contribution in [0.2, 0.25) is 0 Å². The summed E-state index contributed by atoms with van der Waals surface area (Å²) in [5.74, 6) is 0. The molecule has 0 saturated carbocycles. The molecule has 0 saturated heterocycles. The summed E-state index contributed by atoms with van der Waals surface area (Å²) in [5.41, 5.74) is -1.30. The van der Waals surface area contributed by atoms with E-state index in [4.69, 9.17) is 9.79 Å². The van der Waals surface area contributed by atoms with Crippen LogP contribution in [0.4, 0.5) is 0 Å². The van der Waals surface area contributed by atoms with Gasteiger partial charge in [0.2, 0.25) is 0 Å². The smallest absolute Gasteiger partial charge is 0.324 e. The van der Waals surface area contributed by atoms with Crippen molar-refractivity contribution in [1.82, 2.24) is 0 Å². The molecule has 15 heavy (non-hydrogen) atoms. The lowest BCUT2D eigenvalue weighted by atomic mass is 10.0. The van der Waals surface area contributed by atoms with Crippen LogP contribution in [0.1, 0.15) is 0 Å². The Morgan fingerprint density at radius 3 is 1.80 bits per heavy atom. The van der Waals surface area contributed by atoms with Gasteiger partial charge in [-0.1, -0.05) is 0 Å². The van der Waals surface area contributed by atoms with Gasteiger partial charge in [-0.3, -0.25) is 9.13 Å². The highest BCUT2D eigenvalue weighted by Gasteiger charge is 2.36. The second-order valence-corrected chi connectivity index (χ2v) is 7.37. The first-order valence-electron chi connectivity index (χ1n) is 3.99. The number of hydrogen-bond donors (Lipinski definition) is 2. The van der Waals surface area contributed by atoms with Gasteiger partial charge in [-0.15, -0.1) is 0 Å². The maximum Gasteiger partial charge on any atom is 0.330 e. The van der Waals surface area contributed by atoms with Gasteiger partial charge in [0.15, 0.2) is 0 Å².